The minimum atomic E-state index is 0.408. The van der Waals surface area contributed by atoms with Crippen molar-refractivity contribution < 1.29 is 4.74 Å². The molecular formula is C18H22ClNO. The summed E-state index contributed by atoms with van der Waals surface area (Å²) in [6, 6.07) is 12.0. The highest BCUT2D eigenvalue weighted by atomic mass is 35.5. The number of ether oxygens (including phenoxy) is 1. The Morgan fingerprint density at radius 3 is 2.52 bits per heavy atom. The Bertz CT molecular complexity index is 623. The summed E-state index contributed by atoms with van der Waals surface area (Å²) in [4.78, 5) is 0. The van der Waals surface area contributed by atoms with E-state index in [2.05, 4.69) is 39.0 Å². The molecule has 2 rings (SSSR count). The van der Waals surface area contributed by atoms with Gasteiger partial charge in [-0.05, 0) is 66.8 Å². The van der Waals surface area contributed by atoms with Gasteiger partial charge >= 0.3 is 0 Å². The number of rotatable bonds is 5. The Balaban J connectivity index is 2.40. The number of halogens is 1. The third-order valence-corrected chi connectivity index (χ3v) is 3.68. The van der Waals surface area contributed by atoms with Gasteiger partial charge in [0.05, 0.1) is 0 Å². The van der Waals surface area contributed by atoms with Crippen LogP contribution in [0, 0.1) is 6.92 Å². The molecule has 0 saturated carbocycles. The van der Waals surface area contributed by atoms with Crippen LogP contribution in [0.5, 0.6) is 11.5 Å². The molecule has 0 radical (unpaired) electrons. The van der Waals surface area contributed by atoms with E-state index in [0.717, 1.165) is 23.5 Å². The zero-order chi connectivity index (χ0) is 15.4. The molecule has 0 spiro atoms. The molecule has 21 heavy (non-hydrogen) atoms. The molecule has 0 fully saturated rings. The molecule has 2 aromatic carbocycles. The maximum absolute atomic E-state index is 6.18. The lowest BCUT2D eigenvalue weighted by atomic mass is 10.0. The van der Waals surface area contributed by atoms with E-state index in [4.69, 9.17) is 22.1 Å². The van der Waals surface area contributed by atoms with Crippen molar-refractivity contribution in [3.63, 3.8) is 0 Å². The Morgan fingerprint density at radius 1 is 1.10 bits per heavy atom. The molecule has 0 aliphatic rings. The van der Waals surface area contributed by atoms with Crippen LogP contribution in [0.3, 0.4) is 0 Å². The molecule has 0 heterocycles. The van der Waals surface area contributed by atoms with Crippen LogP contribution in [0.15, 0.2) is 36.4 Å². The van der Waals surface area contributed by atoms with E-state index in [9.17, 15) is 0 Å². The summed E-state index contributed by atoms with van der Waals surface area (Å²) < 4.78 is 6.18. The number of aryl methyl sites for hydroxylation is 1. The van der Waals surface area contributed by atoms with Crippen LogP contribution in [-0.2, 0) is 6.42 Å². The van der Waals surface area contributed by atoms with Crippen LogP contribution in [0.1, 0.15) is 36.5 Å². The molecule has 0 amide bonds. The van der Waals surface area contributed by atoms with Crippen molar-refractivity contribution in [3.05, 3.63) is 58.1 Å². The molecule has 2 N–H and O–H groups in total. The van der Waals surface area contributed by atoms with Crippen LogP contribution >= 0.6 is 11.6 Å². The van der Waals surface area contributed by atoms with Crippen LogP contribution in [0.25, 0.3) is 0 Å². The van der Waals surface area contributed by atoms with Crippen molar-refractivity contribution in [1.29, 1.82) is 0 Å². The highest BCUT2D eigenvalue weighted by Gasteiger charge is 2.11. The van der Waals surface area contributed by atoms with Gasteiger partial charge in [0.1, 0.15) is 11.5 Å². The van der Waals surface area contributed by atoms with E-state index in [0.29, 0.717) is 17.5 Å². The Kier molecular flexibility index (Phi) is 5.27. The van der Waals surface area contributed by atoms with Gasteiger partial charge in [-0.3, -0.25) is 0 Å². The quantitative estimate of drug-likeness (QED) is 0.837. The van der Waals surface area contributed by atoms with Crippen LogP contribution in [-0.4, -0.2) is 6.54 Å². The van der Waals surface area contributed by atoms with E-state index in [1.54, 1.807) is 0 Å². The average Bonchev–Trinajstić information content (AvgIpc) is 2.42. The second kappa shape index (κ2) is 6.97. The summed E-state index contributed by atoms with van der Waals surface area (Å²) in [5, 5.41) is 0.708. The van der Waals surface area contributed by atoms with Crippen molar-refractivity contribution in [2.75, 3.05) is 6.54 Å². The Morgan fingerprint density at radius 2 is 1.86 bits per heavy atom. The second-order valence-electron chi connectivity index (χ2n) is 5.59. The van der Waals surface area contributed by atoms with Gasteiger partial charge in [0.15, 0.2) is 0 Å². The Hall–Kier alpha value is -1.51. The molecule has 0 unspecified atom stereocenters. The minimum absolute atomic E-state index is 0.408. The zero-order valence-electron chi connectivity index (χ0n) is 12.8. The number of hydrogen-bond donors (Lipinski definition) is 1. The van der Waals surface area contributed by atoms with E-state index in [1.165, 1.54) is 11.1 Å². The second-order valence-corrected chi connectivity index (χ2v) is 6.03. The zero-order valence-corrected chi connectivity index (χ0v) is 13.6. The average molecular weight is 304 g/mol. The summed E-state index contributed by atoms with van der Waals surface area (Å²) in [7, 11) is 0. The van der Waals surface area contributed by atoms with Crippen molar-refractivity contribution >= 4 is 11.6 Å². The topological polar surface area (TPSA) is 35.2 Å². The molecule has 2 aromatic rings. The predicted molar refractivity (Wildman–Crippen MR) is 89.6 cm³/mol. The standard InChI is InChI=1S/C18H22ClNO/c1-12(2)16-6-4-13(3)10-18(16)21-17-7-5-15(19)11-14(17)8-9-20/h4-7,10-12H,8-9,20H2,1-3H3. The largest absolute Gasteiger partial charge is 0.457 e. The van der Waals surface area contributed by atoms with E-state index < -0.39 is 0 Å². The number of nitrogens with two attached hydrogens (primary N) is 1. The fourth-order valence-electron chi connectivity index (χ4n) is 2.32. The molecule has 0 atom stereocenters. The molecule has 3 heteroatoms. The monoisotopic (exact) mass is 303 g/mol. The van der Waals surface area contributed by atoms with Crippen molar-refractivity contribution in [3.8, 4) is 11.5 Å². The molecule has 2 nitrogen and oxygen atoms in total. The summed E-state index contributed by atoms with van der Waals surface area (Å²) in [5.74, 6) is 2.15. The summed E-state index contributed by atoms with van der Waals surface area (Å²) >= 11 is 6.07. The van der Waals surface area contributed by atoms with E-state index in [-0.39, 0.29) is 0 Å². The third kappa shape index (κ3) is 3.99. The minimum Gasteiger partial charge on any atom is -0.457 e. The molecule has 0 aliphatic carbocycles. The first-order chi connectivity index (χ1) is 10.0. The van der Waals surface area contributed by atoms with E-state index in [1.807, 2.05) is 18.2 Å². The smallest absolute Gasteiger partial charge is 0.131 e. The number of hydrogen-bond acceptors (Lipinski definition) is 2. The normalized spacial score (nSPS) is 11.0. The van der Waals surface area contributed by atoms with E-state index >= 15 is 0 Å². The van der Waals surface area contributed by atoms with Crippen molar-refractivity contribution in [1.82, 2.24) is 0 Å². The van der Waals surface area contributed by atoms with Gasteiger partial charge in [-0.1, -0.05) is 37.6 Å². The lowest BCUT2D eigenvalue weighted by Crippen LogP contribution is -2.04. The molecule has 112 valence electrons. The van der Waals surface area contributed by atoms with Crippen LogP contribution < -0.4 is 10.5 Å². The summed E-state index contributed by atoms with van der Waals surface area (Å²) in [5.41, 5.74) is 9.11. The van der Waals surface area contributed by atoms with Gasteiger partial charge in [0.25, 0.3) is 0 Å². The molecule has 0 aliphatic heterocycles. The molecule has 0 saturated heterocycles. The molecular weight excluding hydrogens is 282 g/mol. The van der Waals surface area contributed by atoms with Gasteiger partial charge < -0.3 is 10.5 Å². The number of benzene rings is 2. The lowest BCUT2D eigenvalue weighted by molar-refractivity contribution is 0.466. The van der Waals surface area contributed by atoms with Gasteiger partial charge in [-0.2, -0.15) is 0 Å². The summed E-state index contributed by atoms with van der Waals surface area (Å²) in [6.45, 7) is 6.97. The molecule has 0 aromatic heterocycles. The third-order valence-electron chi connectivity index (χ3n) is 3.45. The fraction of sp³-hybridized carbons (Fsp3) is 0.333. The maximum atomic E-state index is 6.18. The Labute approximate surface area is 131 Å². The lowest BCUT2D eigenvalue weighted by Gasteiger charge is -2.17. The van der Waals surface area contributed by atoms with Crippen LogP contribution in [0.4, 0.5) is 0 Å². The van der Waals surface area contributed by atoms with Crippen molar-refractivity contribution in [2.45, 2.75) is 33.1 Å². The first-order valence-corrected chi connectivity index (χ1v) is 7.66. The van der Waals surface area contributed by atoms with Gasteiger partial charge in [0, 0.05) is 5.02 Å². The maximum Gasteiger partial charge on any atom is 0.131 e. The highest BCUT2D eigenvalue weighted by molar-refractivity contribution is 6.30. The molecule has 0 bridgehead atoms. The highest BCUT2D eigenvalue weighted by Crippen LogP contribution is 2.34. The first kappa shape index (κ1) is 15.9. The SMILES string of the molecule is Cc1ccc(C(C)C)c(Oc2ccc(Cl)cc2CCN)c1. The van der Waals surface area contributed by atoms with Gasteiger partial charge in [0.2, 0.25) is 0 Å². The summed E-state index contributed by atoms with van der Waals surface area (Å²) in [6.07, 6.45) is 0.749. The fourth-order valence-corrected chi connectivity index (χ4v) is 2.52. The van der Waals surface area contributed by atoms with Gasteiger partial charge in [-0.15, -0.1) is 0 Å². The van der Waals surface area contributed by atoms with Crippen LogP contribution in [0.2, 0.25) is 5.02 Å². The van der Waals surface area contributed by atoms with Gasteiger partial charge in [-0.25, -0.2) is 0 Å². The first-order valence-electron chi connectivity index (χ1n) is 7.28. The van der Waals surface area contributed by atoms with Crippen molar-refractivity contribution in [2.24, 2.45) is 5.73 Å². The predicted octanol–water partition coefficient (Wildman–Crippen LogP) is 5.07.